The number of nitrogens with one attached hydrogen (secondary N) is 1. The van der Waals surface area contributed by atoms with E-state index in [0.29, 0.717) is 19.7 Å². The first kappa shape index (κ1) is 17.3. The normalized spacial score (nSPS) is 17.7. The molecular weight excluding hydrogens is 296 g/mol. The van der Waals surface area contributed by atoms with Gasteiger partial charge in [-0.3, -0.25) is 0 Å². The summed E-state index contributed by atoms with van der Waals surface area (Å²) in [5.41, 5.74) is 4.67. The van der Waals surface area contributed by atoms with Crippen LogP contribution in [0.15, 0.2) is 12.1 Å². The standard InChI is InChI=1S/C17H24N2O4/c1-11-7-12(2)14(13(3)8-11)9-18-17(21)19-5-6-23-15(10-19)16(20)22-4/h7-8,15H,5-6,9-10H2,1-4H3,(H,18,21)/t15-/m1/s1. The zero-order valence-corrected chi connectivity index (χ0v) is 14.1. The van der Waals surface area contributed by atoms with Crippen molar-refractivity contribution in [2.24, 2.45) is 0 Å². The van der Waals surface area contributed by atoms with Gasteiger partial charge in [-0.2, -0.15) is 0 Å². The number of methoxy groups -OCH3 is 1. The van der Waals surface area contributed by atoms with Gasteiger partial charge in [0.25, 0.3) is 0 Å². The lowest BCUT2D eigenvalue weighted by atomic mass is 10.00. The molecule has 1 aliphatic rings. The van der Waals surface area contributed by atoms with Gasteiger partial charge in [0, 0.05) is 13.1 Å². The van der Waals surface area contributed by atoms with E-state index in [1.807, 2.05) is 13.8 Å². The number of esters is 1. The fraction of sp³-hybridized carbons (Fsp3) is 0.529. The summed E-state index contributed by atoms with van der Waals surface area (Å²) < 4.78 is 10.00. The van der Waals surface area contributed by atoms with Crippen molar-refractivity contribution in [1.29, 1.82) is 0 Å². The van der Waals surface area contributed by atoms with E-state index in [1.54, 1.807) is 4.90 Å². The number of carbonyl (C=O) groups excluding carboxylic acids is 2. The number of amides is 2. The number of nitrogens with zero attached hydrogens (tertiary/aromatic N) is 1. The van der Waals surface area contributed by atoms with Crippen molar-refractivity contribution in [3.8, 4) is 0 Å². The van der Waals surface area contributed by atoms with E-state index in [9.17, 15) is 9.59 Å². The maximum absolute atomic E-state index is 12.3. The van der Waals surface area contributed by atoms with Gasteiger partial charge >= 0.3 is 12.0 Å². The van der Waals surface area contributed by atoms with Gasteiger partial charge in [0.2, 0.25) is 0 Å². The van der Waals surface area contributed by atoms with E-state index in [-0.39, 0.29) is 12.6 Å². The second-order valence-corrected chi connectivity index (χ2v) is 5.86. The summed E-state index contributed by atoms with van der Waals surface area (Å²) in [6.45, 7) is 7.62. The van der Waals surface area contributed by atoms with E-state index in [4.69, 9.17) is 4.74 Å². The number of benzene rings is 1. The highest BCUT2D eigenvalue weighted by atomic mass is 16.6. The number of hydrogen-bond donors (Lipinski definition) is 1. The van der Waals surface area contributed by atoms with Crippen LogP contribution in [0, 0.1) is 20.8 Å². The maximum atomic E-state index is 12.3. The van der Waals surface area contributed by atoms with Crippen LogP contribution in [-0.2, 0) is 20.8 Å². The minimum atomic E-state index is -0.706. The van der Waals surface area contributed by atoms with Crippen molar-refractivity contribution in [1.82, 2.24) is 10.2 Å². The van der Waals surface area contributed by atoms with Crippen molar-refractivity contribution in [2.75, 3.05) is 26.8 Å². The molecule has 1 fully saturated rings. The van der Waals surface area contributed by atoms with Crippen molar-refractivity contribution >= 4 is 12.0 Å². The molecular formula is C17H24N2O4. The quantitative estimate of drug-likeness (QED) is 0.861. The molecule has 1 saturated heterocycles. The average Bonchev–Trinajstić information content (AvgIpc) is 2.53. The van der Waals surface area contributed by atoms with Crippen LogP contribution < -0.4 is 5.32 Å². The molecule has 1 aliphatic heterocycles. The Morgan fingerprint density at radius 3 is 2.57 bits per heavy atom. The Bertz CT molecular complexity index is 577. The fourth-order valence-electron chi connectivity index (χ4n) is 2.87. The second kappa shape index (κ2) is 7.46. The first-order chi connectivity index (χ1) is 10.9. The third-order valence-electron chi connectivity index (χ3n) is 4.07. The summed E-state index contributed by atoms with van der Waals surface area (Å²) in [5, 5.41) is 2.93. The predicted octanol–water partition coefficient (Wildman–Crippen LogP) is 1.70. The van der Waals surface area contributed by atoms with Crippen molar-refractivity contribution < 1.29 is 19.1 Å². The number of rotatable bonds is 3. The lowest BCUT2D eigenvalue weighted by Crippen LogP contribution is -2.51. The average molecular weight is 320 g/mol. The Morgan fingerprint density at radius 2 is 1.96 bits per heavy atom. The van der Waals surface area contributed by atoms with E-state index in [2.05, 4.69) is 29.1 Å². The third-order valence-corrected chi connectivity index (χ3v) is 4.07. The summed E-state index contributed by atoms with van der Waals surface area (Å²) in [5.74, 6) is -0.451. The highest BCUT2D eigenvalue weighted by Crippen LogP contribution is 2.16. The third kappa shape index (κ3) is 4.22. The number of aryl methyl sites for hydroxylation is 3. The molecule has 0 aliphatic carbocycles. The smallest absolute Gasteiger partial charge is 0.336 e. The molecule has 0 radical (unpaired) electrons. The molecule has 0 unspecified atom stereocenters. The Kier molecular flexibility index (Phi) is 5.60. The Labute approximate surface area is 136 Å². The Balaban J connectivity index is 1.96. The molecule has 1 N–H and O–H groups in total. The first-order valence-electron chi connectivity index (χ1n) is 7.71. The molecule has 0 spiro atoms. The molecule has 0 bridgehead atoms. The highest BCUT2D eigenvalue weighted by molar-refractivity contribution is 5.78. The molecule has 126 valence electrons. The van der Waals surface area contributed by atoms with Gasteiger partial charge in [-0.05, 0) is 37.5 Å². The number of ether oxygens (including phenoxy) is 2. The Morgan fingerprint density at radius 1 is 1.30 bits per heavy atom. The summed E-state index contributed by atoms with van der Waals surface area (Å²) >= 11 is 0. The monoisotopic (exact) mass is 320 g/mol. The molecule has 0 saturated carbocycles. The second-order valence-electron chi connectivity index (χ2n) is 5.86. The van der Waals surface area contributed by atoms with Crippen LogP contribution in [0.4, 0.5) is 4.79 Å². The van der Waals surface area contributed by atoms with E-state index < -0.39 is 12.1 Å². The van der Waals surface area contributed by atoms with Gasteiger partial charge in [0.15, 0.2) is 6.10 Å². The molecule has 2 amide bonds. The van der Waals surface area contributed by atoms with E-state index in [0.717, 1.165) is 16.7 Å². The summed E-state index contributed by atoms with van der Waals surface area (Å²) in [6.07, 6.45) is -0.706. The molecule has 0 aromatic heterocycles. The van der Waals surface area contributed by atoms with E-state index in [1.165, 1.54) is 12.7 Å². The molecule has 6 heteroatoms. The molecule has 1 heterocycles. The molecule has 2 rings (SSSR count). The molecule has 1 aromatic rings. The molecule has 6 nitrogen and oxygen atoms in total. The van der Waals surface area contributed by atoms with E-state index >= 15 is 0 Å². The zero-order valence-electron chi connectivity index (χ0n) is 14.1. The number of morpholine rings is 1. The van der Waals surface area contributed by atoms with Crippen molar-refractivity contribution in [3.63, 3.8) is 0 Å². The predicted molar refractivity (Wildman–Crippen MR) is 86.2 cm³/mol. The number of carbonyl (C=O) groups is 2. The van der Waals surface area contributed by atoms with Crippen LogP contribution in [0.5, 0.6) is 0 Å². The lowest BCUT2D eigenvalue weighted by molar-refractivity contribution is -0.158. The van der Waals surface area contributed by atoms with Gasteiger partial charge < -0.3 is 19.7 Å². The van der Waals surface area contributed by atoms with Crippen LogP contribution in [0.2, 0.25) is 0 Å². The van der Waals surface area contributed by atoms with Crippen LogP contribution in [0.25, 0.3) is 0 Å². The van der Waals surface area contributed by atoms with Gasteiger partial charge in [-0.25, -0.2) is 9.59 Å². The molecule has 1 aromatic carbocycles. The van der Waals surface area contributed by atoms with Crippen LogP contribution in [0.3, 0.4) is 0 Å². The van der Waals surface area contributed by atoms with Crippen molar-refractivity contribution in [2.45, 2.75) is 33.4 Å². The van der Waals surface area contributed by atoms with Crippen molar-refractivity contribution in [3.05, 3.63) is 34.4 Å². The number of hydrogen-bond acceptors (Lipinski definition) is 4. The lowest BCUT2D eigenvalue weighted by Gasteiger charge is -2.31. The summed E-state index contributed by atoms with van der Waals surface area (Å²) in [6, 6.07) is 4.02. The number of urea groups is 1. The maximum Gasteiger partial charge on any atom is 0.336 e. The molecule has 1 atom stereocenters. The first-order valence-corrected chi connectivity index (χ1v) is 7.71. The topological polar surface area (TPSA) is 67.9 Å². The van der Waals surface area contributed by atoms with Crippen LogP contribution in [-0.4, -0.2) is 49.8 Å². The van der Waals surface area contributed by atoms with Crippen LogP contribution in [0.1, 0.15) is 22.3 Å². The van der Waals surface area contributed by atoms with Gasteiger partial charge in [-0.1, -0.05) is 17.7 Å². The fourth-order valence-corrected chi connectivity index (χ4v) is 2.87. The highest BCUT2D eigenvalue weighted by Gasteiger charge is 2.29. The Hall–Kier alpha value is -2.08. The van der Waals surface area contributed by atoms with Gasteiger partial charge in [0.1, 0.15) is 0 Å². The van der Waals surface area contributed by atoms with Gasteiger partial charge in [0.05, 0.1) is 20.3 Å². The SMILES string of the molecule is COC(=O)[C@H]1CN(C(=O)NCc2c(C)cc(C)cc2C)CCO1. The van der Waals surface area contributed by atoms with Gasteiger partial charge in [-0.15, -0.1) is 0 Å². The van der Waals surface area contributed by atoms with Crippen LogP contribution >= 0.6 is 0 Å². The minimum absolute atomic E-state index is 0.193. The minimum Gasteiger partial charge on any atom is -0.467 e. The zero-order chi connectivity index (χ0) is 17.0. The molecule has 23 heavy (non-hydrogen) atoms. The summed E-state index contributed by atoms with van der Waals surface area (Å²) in [7, 11) is 1.31. The summed E-state index contributed by atoms with van der Waals surface area (Å²) in [4.78, 5) is 25.4. The largest absolute Gasteiger partial charge is 0.467 e.